The van der Waals surface area contributed by atoms with Crippen LogP contribution in [0.15, 0.2) is 28.9 Å². The van der Waals surface area contributed by atoms with Gasteiger partial charge in [0.25, 0.3) is 0 Å². The predicted octanol–water partition coefficient (Wildman–Crippen LogP) is 3.14. The molecular formula is C14H16ClN3O2. The number of anilines is 1. The molecule has 0 spiro atoms. The monoisotopic (exact) mass is 293 g/mol. The van der Waals surface area contributed by atoms with Gasteiger partial charge in [0.15, 0.2) is 0 Å². The van der Waals surface area contributed by atoms with E-state index in [9.17, 15) is 5.11 Å². The average Bonchev–Trinajstić information content (AvgIpc) is 3.13. The van der Waals surface area contributed by atoms with E-state index in [-0.39, 0.29) is 12.6 Å². The molecule has 5 nitrogen and oxygen atoms in total. The minimum Gasteiger partial charge on any atom is -0.467 e. The molecule has 6 heteroatoms. The van der Waals surface area contributed by atoms with Crippen LogP contribution in [-0.2, 0) is 0 Å². The number of aliphatic hydroxyl groups excluding tert-OH is 1. The van der Waals surface area contributed by atoms with Crippen molar-refractivity contribution in [1.82, 2.24) is 9.97 Å². The molecule has 2 aromatic heterocycles. The lowest BCUT2D eigenvalue weighted by Gasteiger charge is -2.16. The first-order chi connectivity index (χ1) is 9.76. The fourth-order valence-corrected chi connectivity index (χ4v) is 2.31. The number of hydrogen-bond acceptors (Lipinski definition) is 5. The van der Waals surface area contributed by atoms with Crippen molar-refractivity contribution in [3.05, 3.63) is 41.2 Å². The van der Waals surface area contributed by atoms with E-state index in [1.807, 2.05) is 12.1 Å². The summed E-state index contributed by atoms with van der Waals surface area (Å²) in [7, 11) is 0. The largest absolute Gasteiger partial charge is 0.467 e. The second kappa shape index (κ2) is 5.81. The van der Waals surface area contributed by atoms with Gasteiger partial charge in [-0.05, 0) is 31.4 Å². The average molecular weight is 294 g/mol. The topological polar surface area (TPSA) is 71.2 Å². The molecule has 2 N–H and O–H groups in total. The van der Waals surface area contributed by atoms with Crippen molar-refractivity contribution in [3.8, 4) is 0 Å². The second-order valence-electron chi connectivity index (χ2n) is 4.93. The highest BCUT2D eigenvalue weighted by atomic mass is 35.5. The van der Waals surface area contributed by atoms with Gasteiger partial charge in [-0.15, -0.1) is 0 Å². The molecule has 0 aromatic carbocycles. The molecule has 0 bridgehead atoms. The third-order valence-corrected chi connectivity index (χ3v) is 3.47. The maximum absolute atomic E-state index is 9.18. The molecule has 2 aromatic rings. The molecule has 1 aliphatic rings. The number of aromatic nitrogens is 2. The van der Waals surface area contributed by atoms with E-state index in [1.165, 1.54) is 0 Å². The Kier molecular flexibility index (Phi) is 3.89. The highest BCUT2D eigenvalue weighted by Gasteiger charge is 2.27. The maximum Gasteiger partial charge on any atom is 0.135 e. The molecule has 1 fully saturated rings. The third-order valence-electron chi connectivity index (χ3n) is 3.28. The van der Waals surface area contributed by atoms with Gasteiger partial charge in [0.2, 0.25) is 0 Å². The Bertz CT molecular complexity index is 570. The molecular weight excluding hydrogens is 278 g/mol. The van der Waals surface area contributed by atoms with Gasteiger partial charge in [-0.3, -0.25) is 0 Å². The zero-order chi connectivity index (χ0) is 13.9. The smallest absolute Gasteiger partial charge is 0.135 e. The van der Waals surface area contributed by atoms with E-state index >= 15 is 0 Å². The normalized spacial score (nSPS) is 16.1. The molecule has 1 atom stereocenters. The Labute approximate surface area is 122 Å². The summed E-state index contributed by atoms with van der Waals surface area (Å²) < 4.78 is 5.39. The van der Waals surface area contributed by atoms with Crippen molar-refractivity contribution in [1.29, 1.82) is 0 Å². The van der Waals surface area contributed by atoms with Gasteiger partial charge >= 0.3 is 0 Å². The second-order valence-corrected chi connectivity index (χ2v) is 5.32. The van der Waals surface area contributed by atoms with Gasteiger partial charge in [0, 0.05) is 18.6 Å². The maximum atomic E-state index is 9.18. The minimum absolute atomic E-state index is 0.0622. The van der Waals surface area contributed by atoms with Crippen LogP contribution in [0.3, 0.4) is 0 Å². The SMILES string of the molecule is OCCC(Nc1cc(Cl)nc(C2CC2)n1)c1ccco1. The zero-order valence-electron chi connectivity index (χ0n) is 10.9. The summed E-state index contributed by atoms with van der Waals surface area (Å²) in [4.78, 5) is 8.75. The first kappa shape index (κ1) is 13.4. The van der Waals surface area contributed by atoms with Crippen LogP contribution in [0.2, 0.25) is 5.15 Å². The summed E-state index contributed by atoms with van der Waals surface area (Å²) in [5.41, 5.74) is 0. The Balaban J connectivity index is 1.81. The van der Waals surface area contributed by atoms with Crippen molar-refractivity contribution in [2.24, 2.45) is 0 Å². The lowest BCUT2D eigenvalue weighted by molar-refractivity contribution is 0.273. The molecule has 1 aliphatic carbocycles. The van der Waals surface area contributed by atoms with Crippen LogP contribution in [0.4, 0.5) is 5.82 Å². The molecule has 0 amide bonds. The molecule has 106 valence electrons. The molecule has 1 unspecified atom stereocenters. The van der Waals surface area contributed by atoms with Crippen LogP contribution in [0.25, 0.3) is 0 Å². The van der Waals surface area contributed by atoms with Crippen LogP contribution in [0, 0.1) is 0 Å². The van der Waals surface area contributed by atoms with E-state index in [1.54, 1.807) is 12.3 Å². The standard InChI is InChI=1S/C14H16ClN3O2/c15-12-8-13(18-14(17-12)9-3-4-9)16-10(5-6-19)11-2-1-7-20-11/h1-2,7-10,19H,3-6H2,(H,16,17,18). The Morgan fingerprint density at radius 3 is 2.95 bits per heavy atom. The fraction of sp³-hybridized carbons (Fsp3) is 0.429. The van der Waals surface area contributed by atoms with Crippen molar-refractivity contribution in [2.45, 2.75) is 31.2 Å². The highest BCUT2D eigenvalue weighted by Crippen LogP contribution is 2.39. The number of halogens is 1. The summed E-state index contributed by atoms with van der Waals surface area (Å²) in [6.07, 6.45) is 4.40. The number of furan rings is 1. The number of aliphatic hydroxyl groups is 1. The summed E-state index contributed by atoms with van der Waals surface area (Å²) in [6, 6.07) is 5.26. The van der Waals surface area contributed by atoms with Gasteiger partial charge in [-0.2, -0.15) is 0 Å². The Morgan fingerprint density at radius 2 is 2.30 bits per heavy atom. The van der Waals surface area contributed by atoms with Crippen molar-refractivity contribution < 1.29 is 9.52 Å². The molecule has 20 heavy (non-hydrogen) atoms. The predicted molar refractivity (Wildman–Crippen MR) is 75.8 cm³/mol. The summed E-state index contributed by atoms with van der Waals surface area (Å²) in [5, 5.41) is 12.9. The van der Waals surface area contributed by atoms with Crippen molar-refractivity contribution in [3.63, 3.8) is 0 Å². The number of nitrogens with one attached hydrogen (secondary N) is 1. The highest BCUT2D eigenvalue weighted by molar-refractivity contribution is 6.29. The van der Waals surface area contributed by atoms with Crippen molar-refractivity contribution in [2.75, 3.05) is 11.9 Å². The van der Waals surface area contributed by atoms with Gasteiger partial charge in [-0.25, -0.2) is 9.97 Å². The first-order valence-corrected chi connectivity index (χ1v) is 7.09. The first-order valence-electron chi connectivity index (χ1n) is 6.71. The molecule has 0 radical (unpaired) electrons. The third kappa shape index (κ3) is 3.11. The lowest BCUT2D eigenvalue weighted by Crippen LogP contribution is -2.13. The van der Waals surface area contributed by atoms with E-state index in [2.05, 4.69) is 15.3 Å². The van der Waals surface area contributed by atoms with E-state index in [0.29, 0.717) is 23.3 Å². The molecule has 1 saturated carbocycles. The quantitative estimate of drug-likeness (QED) is 0.801. The minimum atomic E-state index is -0.131. The van der Waals surface area contributed by atoms with Crippen LogP contribution < -0.4 is 5.32 Å². The Morgan fingerprint density at radius 1 is 1.45 bits per heavy atom. The summed E-state index contributed by atoms with van der Waals surface area (Å²) in [5.74, 6) is 2.67. The van der Waals surface area contributed by atoms with Gasteiger partial charge in [-0.1, -0.05) is 11.6 Å². The molecule has 3 rings (SSSR count). The van der Waals surface area contributed by atoms with Gasteiger partial charge < -0.3 is 14.8 Å². The van der Waals surface area contributed by atoms with Crippen LogP contribution in [0.1, 0.15) is 42.8 Å². The van der Waals surface area contributed by atoms with Crippen LogP contribution >= 0.6 is 11.6 Å². The lowest BCUT2D eigenvalue weighted by atomic mass is 10.1. The summed E-state index contributed by atoms with van der Waals surface area (Å²) >= 11 is 6.04. The number of hydrogen-bond donors (Lipinski definition) is 2. The zero-order valence-corrected chi connectivity index (χ0v) is 11.7. The fourth-order valence-electron chi connectivity index (χ4n) is 2.12. The van der Waals surface area contributed by atoms with E-state index < -0.39 is 0 Å². The Hall–Kier alpha value is -1.59. The van der Waals surface area contributed by atoms with Crippen LogP contribution in [0.5, 0.6) is 0 Å². The molecule has 2 heterocycles. The van der Waals surface area contributed by atoms with E-state index in [4.69, 9.17) is 16.0 Å². The number of rotatable bonds is 6. The van der Waals surface area contributed by atoms with Crippen LogP contribution in [-0.4, -0.2) is 21.7 Å². The molecule has 0 saturated heterocycles. The molecule has 0 aliphatic heterocycles. The van der Waals surface area contributed by atoms with E-state index in [0.717, 1.165) is 24.4 Å². The van der Waals surface area contributed by atoms with Gasteiger partial charge in [0.1, 0.15) is 22.6 Å². The van der Waals surface area contributed by atoms with Crippen molar-refractivity contribution >= 4 is 17.4 Å². The number of nitrogens with zero attached hydrogens (tertiary/aromatic N) is 2. The summed E-state index contributed by atoms with van der Waals surface area (Å²) in [6.45, 7) is 0.0622. The van der Waals surface area contributed by atoms with Gasteiger partial charge in [0.05, 0.1) is 12.3 Å².